The summed E-state index contributed by atoms with van der Waals surface area (Å²) in [4.78, 5) is 15.7. The molecule has 16 heavy (non-hydrogen) atoms. The molecule has 3 rings (SSSR count). The molecule has 4 nitrogen and oxygen atoms in total. The van der Waals surface area contributed by atoms with Crippen molar-refractivity contribution in [1.82, 2.24) is 14.6 Å². The van der Waals surface area contributed by atoms with E-state index >= 15 is 0 Å². The molecular formula is C11H13N3OS. The number of aromatic nitrogens is 3. The van der Waals surface area contributed by atoms with Crippen molar-refractivity contribution in [1.29, 1.82) is 0 Å². The fraction of sp³-hybridized carbons (Fsp3) is 0.455. The van der Waals surface area contributed by atoms with Gasteiger partial charge in [0.15, 0.2) is 11.1 Å². The lowest BCUT2D eigenvalue weighted by molar-refractivity contribution is 0.598. The lowest BCUT2D eigenvalue weighted by Gasteiger charge is -2.18. The van der Waals surface area contributed by atoms with Gasteiger partial charge in [-0.1, -0.05) is 0 Å². The van der Waals surface area contributed by atoms with E-state index in [1.165, 1.54) is 24.3 Å². The number of aromatic amines is 1. The number of H-pyrrole nitrogens is 1. The molecule has 1 N–H and O–H groups in total. The molecule has 84 valence electrons. The normalized spacial score (nSPS) is 18.0. The molecular weight excluding hydrogens is 222 g/mol. The van der Waals surface area contributed by atoms with Crippen LogP contribution in [-0.4, -0.2) is 26.1 Å². The maximum atomic E-state index is 11.2. The van der Waals surface area contributed by atoms with E-state index in [1.54, 1.807) is 18.3 Å². The number of nitrogens with one attached hydrogen (secondary N) is 1. The van der Waals surface area contributed by atoms with E-state index < -0.39 is 0 Å². The molecule has 0 unspecified atom stereocenters. The van der Waals surface area contributed by atoms with Gasteiger partial charge in [0.2, 0.25) is 0 Å². The van der Waals surface area contributed by atoms with Crippen LogP contribution in [0.1, 0.15) is 24.6 Å². The van der Waals surface area contributed by atoms with Crippen LogP contribution in [0.15, 0.2) is 23.1 Å². The number of nitrogens with zero attached hydrogens (tertiary/aromatic N) is 2. The minimum atomic E-state index is 0.0113. The van der Waals surface area contributed by atoms with E-state index in [2.05, 4.69) is 10.1 Å². The van der Waals surface area contributed by atoms with Crippen molar-refractivity contribution in [2.24, 2.45) is 0 Å². The Morgan fingerprint density at radius 2 is 2.25 bits per heavy atom. The highest BCUT2D eigenvalue weighted by molar-refractivity contribution is 7.99. The van der Waals surface area contributed by atoms with Crippen molar-refractivity contribution in [2.75, 3.05) is 11.5 Å². The van der Waals surface area contributed by atoms with Gasteiger partial charge in [-0.3, -0.25) is 9.89 Å². The lowest BCUT2D eigenvalue weighted by Crippen LogP contribution is -2.09. The molecule has 1 saturated heterocycles. The van der Waals surface area contributed by atoms with Gasteiger partial charge >= 0.3 is 0 Å². The number of pyridine rings is 1. The molecule has 5 heteroatoms. The zero-order valence-corrected chi connectivity index (χ0v) is 9.67. The van der Waals surface area contributed by atoms with Gasteiger partial charge in [0.25, 0.3) is 0 Å². The summed E-state index contributed by atoms with van der Waals surface area (Å²) in [6, 6.07) is 3.11. The second kappa shape index (κ2) is 3.97. The Morgan fingerprint density at radius 1 is 1.44 bits per heavy atom. The van der Waals surface area contributed by atoms with Crippen LogP contribution in [0.2, 0.25) is 0 Å². The second-order valence-electron chi connectivity index (χ2n) is 4.09. The van der Waals surface area contributed by atoms with Crippen molar-refractivity contribution >= 4 is 17.4 Å². The summed E-state index contributed by atoms with van der Waals surface area (Å²) in [5.74, 6) is 3.96. The summed E-state index contributed by atoms with van der Waals surface area (Å²) in [5.41, 5.74) is 0.734. The third-order valence-electron chi connectivity index (χ3n) is 2.98. The molecule has 2 aromatic rings. The summed E-state index contributed by atoms with van der Waals surface area (Å²) in [5, 5.41) is 3.25. The fourth-order valence-corrected chi connectivity index (χ4v) is 3.18. The van der Waals surface area contributed by atoms with Crippen LogP contribution in [0.25, 0.3) is 5.65 Å². The lowest BCUT2D eigenvalue weighted by atomic mass is 10.0. The average Bonchev–Trinajstić information content (AvgIpc) is 2.73. The van der Waals surface area contributed by atoms with E-state index in [9.17, 15) is 4.79 Å². The number of hydrogen-bond acceptors (Lipinski definition) is 3. The second-order valence-corrected chi connectivity index (χ2v) is 5.31. The van der Waals surface area contributed by atoms with Gasteiger partial charge in [-0.2, -0.15) is 11.8 Å². The van der Waals surface area contributed by atoms with Gasteiger partial charge in [-0.05, 0) is 24.3 Å². The van der Waals surface area contributed by atoms with Crippen molar-refractivity contribution in [3.05, 3.63) is 34.4 Å². The van der Waals surface area contributed by atoms with Crippen LogP contribution >= 0.6 is 11.8 Å². The van der Waals surface area contributed by atoms with Crippen LogP contribution in [-0.2, 0) is 0 Å². The van der Waals surface area contributed by atoms with Gasteiger partial charge in [-0.25, -0.2) is 9.50 Å². The van der Waals surface area contributed by atoms with Crippen molar-refractivity contribution < 1.29 is 0 Å². The molecule has 0 spiro atoms. The monoisotopic (exact) mass is 235 g/mol. The van der Waals surface area contributed by atoms with Gasteiger partial charge in [0, 0.05) is 24.2 Å². The first kappa shape index (κ1) is 9.96. The first-order valence-electron chi connectivity index (χ1n) is 5.49. The molecule has 0 atom stereocenters. The number of hydrogen-bond donors (Lipinski definition) is 1. The Kier molecular flexibility index (Phi) is 2.47. The van der Waals surface area contributed by atoms with Gasteiger partial charge in [0.1, 0.15) is 5.82 Å². The smallest absolute Gasteiger partial charge is 0.183 e. The molecule has 0 amide bonds. The first-order chi connectivity index (χ1) is 7.83. The Morgan fingerprint density at radius 3 is 3.06 bits per heavy atom. The van der Waals surface area contributed by atoms with E-state index in [-0.39, 0.29) is 5.43 Å². The maximum Gasteiger partial charge on any atom is 0.183 e. The molecule has 1 aliphatic heterocycles. The number of fused-ring (bicyclic) bond motifs is 1. The Labute approximate surface area is 97.1 Å². The predicted molar refractivity (Wildman–Crippen MR) is 65.1 cm³/mol. The molecule has 0 saturated carbocycles. The third-order valence-corrected chi connectivity index (χ3v) is 4.03. The molecule has 2 aromatic heterocycles. The molecule has 0 bridgehead atoms. The predicted octanol–water partition coefficient (Wildman–Crippen LogP) is 1.63. The number of thioether (sulfide) groups is 1. The van der Waals surface area contributed by atoms with Gasteiger partial charge in [-0.15, -0.1) is 0 Å². The minimum absolute atomic E-state index is 0.0113. The Hall–Kier alpha value is -1.23. The minimum Gasteiger partial charge on any atom is -0.290 e. The van der Waals surface area contributed by atoms with Crippen LogP contribution in [0.3, 0.4) is 0 Å². The summed E-state index contributed by atoms with van der Waals surface area (Å²) in [6.07, 6.45) is 4.09. The highest BCUT2D eigenvalue weighted by atomic mass is 32.2. The van der Waals surface area contributed by atoms with Gasteiger partial charge in [0.05, 0.1) is 0 Å². The molecule has 1 fully saturated rings. The van der Waals surface area contributed by atoms with E-state index in [0.29, 0.717) is 5.92 Å². The van der Waals surface area contributed by atoms with Gasteiger partial charge < -0.3 is 0 Å². The quantitative estimate of drug-likeness (QED) is 0.817. The Balaban J connectivity index is 2.00. The molecule has 3 heterocycles. The summed E-state index contributed by atoms with van der Waals surface area (Å²) >= 11 is 2.00. The summed E-state index contributed by atoms with van der Waals surface area (Å²) in [6.45, 7) is 0. The Bertz CT molecular complexity index is 554. The standard InChI is InChI=1S/C11H13N3OS/c15-9-1-4-14-10(7-9)12-11(13-14)8-2-5-16-6-3-8/h1,4,7-8H,2-3,5-6H2,(H,12,13). The van der Waals surface area contributed by atoms with Crippen LogP contribution in [0.5, 0.6) is 0 Å². The van der Waals surface area contributed by atoms with Crippen LogP contribution in [0.4, 0.5) is 0 Å². The zero-order valence-electron chi connectivity index (χ0n) is 8.85. The number of rotatable bonds is 1. The highest BCUT2D eigenvalue weighted by Crippen LogP contribution is 2.29. The highest BCUT2D eigenvalue weighted by Gasteiger charge is 2.18. The summed E-state index contributed by atoms with van der Waals surface area (Å²) in [7, 11) is 0. The molecule has 0 aliphatic carbocycles. The van der Waals surface area contributed by atoms with E-state index in [4.69, 9.17) is 0 Å². The molecule has 0 aromatic carbocycles. The zero-order chi connectivity index (χ0) is 11.0. The molecule has 0 radical (unpaired) electrons. The average molecular weight is 235 g/mol. The van der Waals surface area contributed by atoms with E-state index in [1.807, 2.05) is 16.3 Å². The van der Waals surface area contributed by atoms with Crippen LogP contribution < -0.4 is 5.43 Å². The summed E-state index contributed by atoms with van der Waals surface area (Å²) < 4.78 is 1.82. The first-order valence-corrected chi connectivity index (χ1v) is 6.64. The third kappa shape index (κ3) is 1.75. The molecule has 1 aliphatic rings. The van der Waals surface area contributed by atoms with Crippen molar-refractivity contribution in [2.45, 2.75) is 18.8 Å². The largest absolute Gasteiger partial charge is 0.290 e. The maximum absolute atomic E-state index is 11.2. The topological polar surface area (TPSA) is 50.2 Å². The van der Waals surface area contributed by atoms with Crippen molar-refractivity contribution in [3.8, 4) is 0 Å². The fourth-order valence-electron chi connectivity index (χ4n) is 2.08. The van der Waals surface area contributed by atoms with E-state index in [0.717, 1.165) is 11.5 Å². The van der Waals surface area contributed by atoms with Crippen LogP contribution in [0, 0.1) is 0 Å². The van der Waals surface area contributed by atoms with Crippen molar-refractivity contribution in [3.63, 3.8) is 0 Å². The SMILES string of the molecule is O=c1ccn2[nH]c(C3CCSCC3)nc2c1.